The Morgan fingerprint density at radius 3 is 2.59 bits per heavy atom. The van der Waals surface area contributed by atoms with Gasteiger partial charge in [-0.15, -0.1) is 0 Å². The molecule has 0 aliphatic carbocycles. The van der Waals surface area contributed by atoms with Crippen LogP contribution in [0.3, 0.4) is 0 Å². The number of aromatic nitrogens is 1. The summed E-state index contributed by atoms with van der Waals surface area (Å²) in [7, 11) is 0. The van der Waals surface area contributed by atoms with Gasteiger partial charge in [-0.2, -0.15) is 5.26 Å². The van der Waals surface area contributed by atoms with E-state index in [1.807, 2.05) is 42.5 Å². The minimum Gasteiger partial charge on any atom is -0.487 e. The second kappa shape index (κ2) is 12.7. The number of rotatable bonds is 9. The van der Waals surface area contributed by atoms with Crippen molar-refractivity contribution in [1.82, 2.24) is 15.2 Å². The number of anilines is 1. The van der Waals surface area contributed by atoms with Crippen molar-refractivity contribution in [2.45, 2.75) is 38.3 Å². The Hall–Kier alpha value is -4.22. The molecule has 1 aliphatic rings. The first-order chi connectivity index (χ1) is 18.0. The lowest BCUT2D eigenvalue weighted by Gasteiger charge is -2.32. The number of pyridine rings is 1. The van der Waals surface area contributed by atoms with Gasteiger partial charge >= 0.3 is 0 Å². The number of ether oxygens (including phenoxy) is 1. The first-order valence-corrected chi connectivity index (χ1v) is 12.5. The van der Waals surface area contributed by atoms with Gasteiger partial charge in [0.15, 0.2) is 0 Å². The zero-order valence-corrected chi connectivity index (χ0v) is 20.9. The van der Waals surface area contributed by atoms with Crippen LogP contribution in [0.4, 0.5) is 5.82 Å². The minimum atomic E-state index is -0.558. The van der Waals surface area contributed by atoms with E-state index in [1.165, 1.54) is 0 Å². The molecule has 190 valence electrons. The van der Waals surface area contributed by atoms with Crippen molar-refractivity contribution in [3.8, 4) is 11.8 Å². The molecule has 2 N–H and O–H groups in total. The van der Waals surface area contributed by atoms with Gasteiger partial charge in [-0.25, -0.2) is 4.98 Å². The Labute approximate surface area is 217 Å². The third kappa shape index (κ3) is 7.38. The molecule has 0 spiro atoms. The Morgan fingerprint density at radius 1 is 1.14 bits per heavy atom. The molecule has 1 saturated heterocycles. The van der Waals surface area contributed by atoms with Crippen molar-refractivity contribution in [2.75, 3.05) is 25.0 Å². The molecule has 1 fully saturated rings. The zero-order chi connectivity index (χ0) is 26.0. The van der Waals surface area contributed by atoms with Crippen LogP contribution in [0, 0.1) is 11.3 Å². The molecule has 1 aliphatic heterocycles. The number of carbonyl (C=O) groups is 2. The van der Waals surface area contributed by atoms with Crippen molar-refractivity contribution < 1.29 is 14.3 Å². The molecule has 2 atom stereocenters. The van der Waals surface area contributed by atoms with Crippen LogP contribution in [-0.4, -0.2) is 47.4 Å². The molecule has 1 aromatic heterocycles. The van der Waals surface area contributed by atoms with Crippen molar-refractivity contribution in [3.05, 3.63) is 89.6 Å². The summed E-state index contributed by atoms with van der Waals surface area (Å²) in [5, 5.41) is 15.2. The number of nitrogens with zero attached hydrogens (tertiary/aromatic N) is 3. The van der Waals surface area contributed by atoms with E-state index in [9.17, 15) is 9.59 Å². The second-order valence-electron chi connectivity index (χ2n) is 9.07. The number of hydrogen-bond donors (Lipinski definition) is 2. The fourth-order valence-electron chi connectivity index (χ4n) is 4.35. The average molecular weight is 498 g/mol. The summed E-state index contributed by atoms with van der Waals surface area (Å²) < 4.78 is 6.02. The van der Waals surface area contributed by atoms with Crippen LogP contribution in [0.5, 0.6) is 5.75 Å². The number of likely N-dealkylation sites (tertiary alicyclic amines) is 1. The summed E-state index contributed by atoms with van der Waals surface area (Å²) >= 11 is 0. The Balaban J connectivity index is 1.35. The van der Waals surface area contributed by atoms with E-state index in [0.29, 0.717) is 30.2 Å². The van der Waals surface area contributed by atoms with Crippen LogP contribution in [0.2, 0.25) is 0 Å². The molecule has 2 aromatic carbocycles. The van der Waals surface area contributed by atoms with Gasteiger partial charge < -0.3 is 20.3 Å². The van der Waals surface area contributed by atoms with Crippen LogP contribution in [0.25, 0.3) is 0 Å². The first-order valence-electron chi connectivity index (χ1n) is 12.5. The van der Waals surface area contributed by atoms with Crippen LogP contribution < -0.4 is 15.4 Å². The molecular formula is C29H31N5O3. The van der Waals surface area contributed by atoms with E-state index < -0.39 is 6.04 Å². The van der Waals surface area contributed by atoms with Crippen molar-refractivity contribution >= 4 is 17.6 Å². The Morgan fingerprint density at radius 2 is 1.92 bits per heavy atom. The predicted octanol–water partition coefficient (Wildman–Crippen LogP) is 3.86. The van der Waals surface area contributed by atoms with Gasteiger partial charge in [0.05, 0.1) is 24.4 Å². The highest BCUT2D eigenvalue weighted by atomic mass is 16.5. The molecule has 0 bridgehead atoms. The van der Waals surface area contributed by atoms with Gasteiger partial charge in [-0.1, -0.05) is 42.5 Å². The SMILES string of the molecule is CC(=O)N1CCC[C@@H](Oc2ccc(NC(=O)C(NCCc3ccc(C#N)cc3)c3ccccc3)nc2)C1. The molecule has 2 heterocycles. The average Bonchev–Trinajstić information content (AvgIpc) is 2.93. The van der Waals surface area contributed by atoms with Crippen LogP contribution in [-0.2, 0) is 16.0 Å². The number of piperidine rings is 1. The van der Waals surface area contributed by atoms with Gasteiger partial charge in [0.2, 0.25) is 11.8 Å². The summed E-state index contributed by atoms with van der Waals surface area (Å²) in [5.74, 6) is 0.884. The Bertz CT molecular complexity index is 1220. The molecular weight excluding hydrogens is 466 g/mol. The maximum atomic E-state index is 13.2. The van der Waals surface area contributed by atoms with Gasteiger partial charge in [-0.05, 0) is 54.7 Å². The second-order valence-corrected chi connectivity index (χ2v) is 9.07. The quantitative estimate of drug-likeness (QED) is 0.465. The summed E-state index contributed by atoms with van der Waals surface area (Å²) in [5.41, 5.74) is 2.56. The number of carbonyl (C=O) groups excluding carboxylic acids is 2. The predicted molar refractivity (Wildman–Crippen MR) is 141 cm³/mol. The molecule has 1 unspecified atom stereocenters. The molecule has 0 saturated carbocycles. The summed E-state index contributed by atoms with van der Waals surface area (Å²) in [4.78, 5) is 31.1. The van der Waals surface area contributed by atoms with E-state index in [2.05, 4.69) is 21.7 Å². The number of benzene rings is 2. The lowest BCUT2D eigenvalue weighted by Crippen LogP contribution is -2.43. The maximum Gasteiger partial charge on any atom is 0.247 e. The molecule has 2 amide bonds. The fraction of sp³-hybridized carbons (Fsp3) is 0.310. The molecule has 0 radical (unpaired) electrons. The monoisotopic (exact) mass is 497 g/mol. The number of hydrogen-bond acceptors (Lipinski definition) is 6. The lowest BCUT2D eigenvalue weighted by molar-refractivity contribution is -0.131. The summed E-state index contributed by atoms with van der Waals surface area (Å²) in [6.45, 7) is 3.49. The molecule has 37 heavy (non-hydrogen) atoms. The topological polar surface area (TPSA) is 107 Å². The fourth-order valence-corrected chi connectivity index (χ4v) is 4.35. The van der Waals surface area contributed by atoms with Crippen molar-refractivity contribution in [1.29, 1.82) is 5.26 Å². The van der Waals surface area contributed by atoms with Gasteiger partial charge in [0.1, 0.15) is 23.7 Å². The summed E-state index contributed by atoms with van der Waals surface area (Å²) in [6, 6.07) is 22.1. The molecule has 8 nitrogen and oxygen atoms in total. The smallest absolute Gasteiger partial charge is 0.247 e. The van der Waals surface area contributed by atoms with Gasteiger partial charge in [0.25, 0.3) is 0 Å². The van der Waals surface area contributed by atoms with E-state index in [1.54, 1.807) is 42.3 Å². The van der Waals surface area contributed by atoms with Crippen LogP contribution >= 0.6 is 0 Å². The van der Waals surface area contributed by atoms with Crippen LogP contribution in [0.1, 0.15) is 42.5 Å². The highest BCUT2D eigenvalue weighted by Crippen LogP contribution is 2.20. The van der Waals surface area contributed by atoms with Crippen molar-refractivity contribution in [3.63, 3.8) is 0 Å². The lowest BCUT2D eigenvalue weighted by atomic mass is 10.1. The van der Waals surface area contributed by atoms with E-state index >= 15 is 0 Å². The third-order valence-corrected chi connectivity index (χ3v) is 6.35. The molecule has 8 heteroatoms. The molecule has 3 aromatic rings. The van der Waals surface area contributed by atoms with Gasteiger partial charge in [0, 0.05) is 20.0 Å². The van der Waals surface area contributed by atoms with E-state index in [0.717, 1.165) is 36.9 Å². The number of nitrogens with one attached hydrogen (secondary N) is 2. The highest BCUT2D eigenvalue weighted by Gasteiger charge is 2.23. The van der Waals surface area contributed by atoms with Crippen LogP contribution in [0.15, 0.2) is 72.9 Å². The standard InChI is InChI=1S/C29H31N5O3/c1-21(35)34-17-5-8-26(20-34)37-25-13-14-27(32-19-25)33-29(36)28(24-6-3-2-4-7-24)31-16-15-22-9-11-23(18-30)12-10-22/h2-4,6-7,9-14,19,26,28,31H,5,8,15-17,20H2,1H3,(H,32,33,36)/t26-,28?/m1/s1. The van der Waals surface area contributed by atoms with Gasteiger partial charge in [-0.3, -0.25) is 9.59 Å². The zero-order valence-electron chi connectivity index (χ0n) is 20.9. The minimum absolute atomic E-state index is 0.0583. The highest BCUT2D eigenvalue weighted by molar-refractivity contribution is 5.94. The Kier molecular flexibility index (Phi) is 8.84. The largest absolute Gasteiger partial charge is 0.487 e. The number of amides is 2. The first kappa shape index (κ1) is 25.9. The molecule has 4 rings (SSSR count). The van der Waals surface area contributed by atoms with E-state index in [-0.39, 0.29) is 17.9 Å². The maximum absolute atomic E-state index is 13.2. The number of nitriles is 1. The van der Waals surface area contributed by atoms with Crippen molar-refractivity contribution in [2.24, 2.45) is 0 Å². The summed E-state index contributed by atoms with van der Waals surface area (Å²) in [6.07, 6.45) is 4.04. The normalized spacial score (nSPS) is 15.9. The third-order valence-electron chi connectivity index (χ3n) is 6.35. The van der Waals surface area contributed by atoms with E-state index in [4.69, 9.17) is 10.00 Å².